The van der Waals surface area contributed by atoms with Gasteiger partial charge in [0.15, 0.2) is 11.8 Å². The summed E-state index contributed by atoms with van der Waals surface area (Å²) in [5.41, 5.74) is 1.20. The molecule has 1 saturated heterocycles. The molecule has 5 rings (SSSR count). The summed E-state index contributed by atoms with van der Waals surface area (Å²) in [5, 5.41) is 22.6. The zero-order chi connectivity index (χ0) is 31.1. The number of rotatable bonds is 10. The number of halogens is 2. The molecule has 1 fully saturated rings. The van der Waals surface area contributed by atoms with Crippen LogP contribution in [0.15, 0.2) is 105 Å². The van der Waals surface area contributed by atoms with E-state index in [1.165, 1.54) is 59.8 Å². The zero-order valence-electron chi connectivity index (χ0n) is 22.6. The van der Waals surface area contributed by atoms with E-state index in [9.17, 15) is 24.1 Å². The van der Waals surface area contributed by atoms with Gasteiger partial charge < -0.3 is 14.5 Å². The van der Waals surface area contributed by atoms with Gasteiger partial charge in [-0.3, -0.25) is 24.6 Å². The van der Waals surface area contributed by atoms with Crippen LogP contribution >= 0.6 is 23.4 Å². The molecule has 0 atom stereocenters. The standard InChI is InChI=1S/C30H21ClFN5O6S/c31-21-6-11-26(43-18-28(38)34-23-9-7-22(32)8-10-23)20(14-21)15-27-29(39)36(17-25-5-2-12-42-25)30(44-27)35-33-16-19-3-1-4-24(13-19)37(40)41/h1-16H,17-18H2,(H,34,38)/b27-15-,33-16-,35-30+. The van der Waals surface area contributed by atoms with Gasteiger partial charge in [-0.05, 0) is 72.4 Å². The van der Waals surface area contributed by atoms with Crippen LogP contribution in [-0.4, -0.2) is 39.6 Å². The van der Waals surface area contributed by atoms with Crippen LogP contribution in [0.25, 0.3) is 6.08 Å². The Balaban J connectivity index is 1.37. The third-order valence-corrected chi connectivity index (χ3v) is 7.19. The number of benzene rings is 3. The fourth-order valence-corrected chi connectivity index (χ4v) is 5.03. The number of ether oxygens (including phenoxy) is 1. The lowest BCUT2D eigenvalue weighted by molar-refractivity contribution is -0.384. The van der Waals surface area contributed by atoms with Crippen molar-refractivity contribution in [2.45, 2.75) is 6.54 Å². The Kier molecular flexibility index (Phi) is 9.47. The second kappa shape index (κ2) is 13.8. The number of amides is 2. The molecule has 0 unspecified atom stereocenters. The van der Waals surface area contributed by atoms with E-state index >= 15 is 0 Å². The fourth-order valence-electron chi connectivity index (χ4n) is 3.92. The molecule has 1 aliphatic rings. The van der Waals surface area contributed by atoms with Gasteiger partial charge in [0.05, 0.1) is 28.9 Å². The fraction of sp³-hybridized carbons (Fsp3) is 0.0667. The Bertz CT molecular complexity index is 1790. The van der Waals surface area contributed by atoms with Crippen LogP contribution < -0.4 is 10.1 Å². The van der Waals surface area contributed by atoms with Crippen molar-refractivity contribution in [2.75, 3.05) is 11.9 Å². The predicted molar refractivity (Wildman–Crippen MR) is 165 cm³/mol. The summed E-state index contributed by atoms with van der Waals surface area (Å²) < 4.78 is 24.3. The molecule has 0 radical (unpaired) electrons. The quantitative estimate of drug-likeness (QED) is 0.0909. The van der Waals surface area contributed by atoms with Gasteiger partial charge in [0.2, 0.25) is 0 Å². The second-order valence-corrected chi connectivity index (χ2v) is 10.5. The summed E-state index contributed by atoms with van der Waals surface area (Å²) in [6, 6.07) is 19.3. The van der Waals surface area contributed by atoms with Crippen LogP contribution in [0.1, 0.15) is 16.9 Å². The molecule has 0 bridgehead atoms. The average molecular weight is 634 g/mol. The van der Waals surface area contributed by atoms with Gasteiger partial charge in [-0.15, -0.1) is 5.10 Å². The van der Waals surface area contributed by atoms with Crippen molar-refractivity contribution in [3.63, 3.8) is 0 Å². The third kappa shape index (κ3) is 7.76. The lowest BCUT2D eigenvalue weighted by Gasteiger charge is -2.13. The Labute approximate surface area is 258 Å². The molecule has 222 valence electrons. The normalized spacial score (nSPS) is 15.0. The lowest BCUT2D eigenvalue weighted by atomic mass is 10.2. The molecule has 0 spiro atoms. The summed E-state index contributed by atoms with van der Waals surface area (Å²) >= 11 is 7.28. The van der Waals surface area contributed by atoms with Gasteiger partial charge in [0.25, 0.3) is 17.5 Å². The number of nitrogens with one attached hydrogen (secondary N) is 1. The first kappa shape index (κ1) is 30.2. The largest absolute Gasteiger partial charge is 0.483 e. The van der Waals surface area contributed by atoms with Crippen molar-refractivity contribution < 1.29 is 28.1 Å². The summed E-state index contributed by atoms with van der Waals surface area (Å²) in [5.74, 6) is -0.499. The first-order chi connectivity index (χ1) is 21.2. The highest BCUT2D eigenvalue weighted by molar-refractivity contribution is 8.18. The first-order valence-corrected chi connectivity index (χ1v) is 14.0. The van der Waals surface area contributed by atoms with Crippen LogP contribution in [0.4, 0.5) is 15.8 Å². The second-order valence-electron chi connectivity index (χ2n) is 9.09. The maximum Gasteiger partial charge on any atom is 0.270 e. The molecule has 3 aromatic carbocycles. The van der Waals surface area contributed by atoms with Gasteiger partial charge >= 0.3 is 0 Å². The molecular weight excluding hydrogens is 613 g/mol. The highest BCUT2D eigenvalue weighted by Gasteiger charge is 2.34. The molecule has 4 aromatic rings. The number of amidine groups is 1. The molecule has 2 heterocycles. The topological polar surface area (TPSA) is 140 Å². The minimum atomic E-state index is -0.511. The van der Waals surface area contributed by atoms with E-state index in [2.05, 4.69) is 15.5 Å². The number of furan rings is 1. The number of anilines is 1. The Morgan fingerprint density at radius 2 is 1.95 bits per heavy atom. The average Bonchev–Trinajstić information content (AvgIpc) is 3.62. The van der Waals surface area contributed by atoms with Crippen LogP contribution in [0.5, 0.6) is 5.75 Å². The summed E-state index contributed by atoms with van der Waals surface area (Å²) in [6.45, 7) is -0.288. The number of non-ortho nitro benzene ring substituents is 1. The monoisotopic (exact) mass is 633 g/mol. The van der Waals surface area contributed by atoms with Gasteiger partial charge in [-0.2, -0.15) is 5.10 Å². The van der Waals surface area contributed by atoms with E-state index in [1.807, 2.05) is 0 Å². The maximum atomic E-state index is 13.5. The van der Waals surface area contributed by atoms with Crippen molar-refractivity contribution in [2.24, 2.45) is 10.2 Å². The van der Waals surface area contributed by atoms with Gasteiger partial charge in [0, 0.05) is 34.0 Å². The summed E-state index contributed by atoms with van der Waals surface area (Å²) in [6.07, 6.45) is 4.39. The molecule has 1 aromatic heterocycles. The number of carbonyl (C=O) groups is 2. The molecular formula is C30H21ClFN5O6S. The van der Waals surface area contributed by atoms with Crippen molar-refractivity contribution in [3.05, 3.63) is 128 Å². The van der Waals surface area contributed by atoms with Gasteiger partial charge in [-0.1, -0.05) is 23.7 Å². The maximum absolute atomic E-state index is 13.5. The number of nitro benzene ring substituents is 1. The number of carbonyl (C=O) groups excluding carboxylic acids is 2. The lowest BCUT2D eigenvalue weighted by Crippen LogP contribution is -2.28. The van der Waals surface area contributed by atoms with E-state index in [0.717, 1.165) is 11.8 Å². The van der Waals surface area contributed by atoms with E-state index in [0.29, 0.717) is 27.6 Å². The van der Waals surface area contributed by atoms with Crippen LogP contribution in [-0.2, 0) is 16.1 Å². The Hall–Kier alpha value is -5.27. The minimum absolute atomic E-state index is 0.0732. The smallest absolute Gasteiger partial charge is 0.270 e. The first-order valence-electron chi connectivity index (χ1n) is 12.8. The highest BCUT2D eigenvalue weighted by Crippen LogP contribution is 2.36. The molecule has 1 N–H and O–H groups in total. The minimum Gasteiger partial charge on any atom is -0.483 e. The Morgan fingerprint density at radius 3 is 2.70 bits per heavy atom. The van der Waals surface area contributed by atoms with Gasteiger partial charge in [-0.25, -0.2) is 4.39 Å². The van der Waals surface area contributed by atoms with Crippen molar-refractivity contribution in [1.82, 2.24) is 4.90 Å². The van der Waals surface area contributed by atoms with E-state index in [4.69, 9.17) is 20.8 Å². The van der Waals surface area contributed by atoms with Crippen LogP contribution in [0.3, 0.4) is 0 Å². The molecule has 11 nitrogen and oxygen atoms in total. The molecule has 2 amide bonds. The number of nitro groups is 1. The van der Waals surface area contributed by atoms with E-state index in [-0.39, 0.29) is 34.7 Å². The SMILES string of the molecule is O=C(COc1ccc(Cl)cc1/C=C1\S/C(=N/N=C\c2cccc([N+](=O)[O-])c2)N(Cc2ccco2)C1=O)Nc1ccc(F)cc1. The van der Waals surface area contributed by atoms with Crippen molar-refractivity contribution in [1.29, 1.82) is 0 Å². The summed E-state index contributed by atoms with van der Waals surface area (Å²) in [4.78, 5) is 38.2. The van der Waals surface area contributed by atoms with Crippen molar-refractivity contribution >= 4 is 64.0 Å². The molecule has 1 aliphatic heterocycles. The Morgan fingerprint density at radius 1 is 1.14 bits per heavy atom. The van der Waals surface area contributed by atoms with E-state index in [1.54, 1.807) is 42.5 Å². The highest BCUT2D eigenvalue weighted by atomic mass is 35.5. The molecule has 14 heteroatoms. The molecule has 44 heavy (non-hydrogen) atoms. The number of hydrogen-bond acceptors (Lipinski definition) is 9. The summed E-state index contributed by atoms with van der Waals surface area (Å²) in [7, 11) is 0. The van der Waals surface area contributed by atoms with E-state index < -0.39 is 22.6 Å². The zero-order valence-corrected chi connectivity index (χ0v) is 24.1. The van der Waals surface area contributed by atoms with Crippen LogP contribution in [0, 0.1) is 15.9 Å². The predicted octanol–water partition coefficient (Wildman–Crippen LogP) is 6.50. The van der Waals surface area contributed by atoms with Crippen LogP contribution in [0.2, 0.25) is 5.02 Å². The van der Waals surface area contributed by atoms with Gasteiger partial charge in [0.1, 0.15) is 17.3 Å². The molecule has 0 aliphatic carbocycles. The number of thioether (sulfide) groups is 1. The number of hydrogen-bond donors (Lipinski definition) is 1. The number of nitrogens with zero attached hydrogens (tertiary/aromatic N) is 4. The third-order valence-electron chi connectivity index (χ3n) is 5.96. The van der Waals surface area contributed by atoms with Crippen molar-refractivity contribution in [3.8, 4) is 5.75 Å². The molecule has 0 saturated carbocycles.